The van der Waals surface area contributed by atoms with Crippen LogP contribution in [0.4, 0.5) is 5.69 Å². The first-order valence-corrected chi connectivity index (χ1v) is 7.98. The van der Waals surface area contributed by atoms with Gasteiger partial charge in [-0.2, -0.15) is 0 Å². The summed E-state index contributed by atoms with van der Waals surface area (Å²) >= 11 is 0. The summed E-state index contributed by atoms with van der Waals surface area (Å²) in [5.74, 6) is 0.740. The summed E-state index contributed by atoms with van der Waals surface area (Å²) in [5, 5.41) is 3.38. The van der Waals surface area contributed by atoms with Gasteiger partial charge in [-0.15, -0.1) is 0 Å². The molecule has 0 spiro atoms. The zero-order valence-corrected chi connectivity index (χ0v) is 12.5. The van der Waals surface area contributed by atoms with Crippen molar-refractivity contribution in [1.82, 2.24) is 5.32 Å². The first kappa shape index (κ1) is 13.9. The molecule has 2 aliphatic rings. The molecular weight excluding hydrogens is 248 g/mol. The predicted octanol–water partition coefficient (Wildman–Crippen LogP) is 2.45. The first-order chi connectivity index (χ1) is 9.83. The van der Waals surface area contributed by atoms with Gasteiger partial charge in [0.05, 0.1) is 12.7 Å². The smallest absolute Gasteiger partial charge is 0.0645 e. The van der Waals surface area contributed by atoms with Crippen molar-refractivity contribution in [2.75, 3.05) is 37.7 Å². The lowest BCUT2D eigenvalue weighted by atomic mass is 9.94. The average Bonchev–Trinajstić information content (AvgIpc) is 2.48. The van der Waals surface area contributed by atoms with E-state index in [-0.39, 0.29) is 0 Å². The lowest BCUT2D eigenvalue weighted by Gasteiger charge is -2.35. The summed E-state index contributed by atoms with van der Waals surface area (Å²) in [7, 11) is 0. The Labute approximate surface area is 122 Å². The fraction of sp³-hybridized carbons (Fsp3) is 0.647. The monoisotopic (exact) mass is 274 g/mol. The lowest BCUT2D eigenvalue weighted by molar-refractivity contribution is 0.0369. The molecule has 0 bridgehead atoms. The van der Waals surface area contributed by atoms with Crippen molar-refractivity contribution >= 4 is 5.69 Å². The predicted molar refractivity (Wildman–Crippen MR) is 83.4 cm³/mol. The highest BCUT2D eigenvalue weighted by Crippen LogP contribution is 2.29. The van der Waals surface area contributed by atoms with Crippen molar-refractivity contribution in [1.29, 1.82) is 0 Å². The highest BCUT2D eigenvalue weighted by molar-refractivity contribution is 5.55. The third-order valence-corrected chi connectivity index (χ3v) is 4.43. The molecular formula is C17H26N2O. The number of para-hydroxylation sites is 1. The summed E-state index contributed by atoms with van der Waals surface area (Å²) in [5.41, 5.74) is 2.91. The van der Waals surface area contributed by atoms with E-state index in [4.69, 9.17) is 4.74 Å². The van der Waals surface area contributed by atoms with Gasteiger partial charge in [-0.1, -0.05) is 25.1 Å². The molecule has 1 N–H and O–H groups in total. The van der Waals surface area contributed by atoms with Gasteiger partial charge < -0.3 is 15.0 Å². The average molecular weight is 274 g/mol. The van der Waals surface area contributed by atoms with E-state index >= 15 is 0 Å². The summed E-state index contributed by atoms with van der Waals surface area (Å²) in [6.07, 6.45) is 4.00. The van der Waals surface area contributed by atoms with E-state index in [0.717, 1.165) is 51.5 Å². The molecule has 20 heavy (non-hydrogen) atoms. The number of hydrogen-bond acceptors (Lipinski definition) is 3. The van der Waals surface area contributed by atoms with Gasteiger partial charge in [0.25, 0.3) is 0 Å². The maximum absolute atomic E-state index is 6.05. The van der Waals surface area contributed by atoms with Crippen LogP contribution in [0.25, 0.3) is 0 Å². The lowest BCUT2D eigenvalue weighted by Crippen LogP contribution is -2.38. The zero-order valence-electron chi connectivity index (χ0n) is 12.5. The van der Waals surface area contributed by atoms with Crippen LogP contribution in [0.3, 0.4) is 0 Å². The van der Waals surface area contributed by atoms with Crippen molar-refractivity contribution in [2.45, 2.75) is 32.3 Å². The van der Waals surface area contributed by atoms with Crippen LogP contribution < -0.4 is 10.2 Å². The fourth-order valence-electron chi connectivity index (χ4n) is 3.41. The minimum absolute atomic E-state index is 0.466. The normalized spacial score (nSPS) is 23.6. The van der Waals surface area contributed by atoms with Crippen LogP contribution in [0, 0.1) is 5.92 Å². The van der Waals surface area contributed by atoms with Crippen molar-refractivity contribution in [3.05, 3.63) is 29.8 Å². The van der Waals surface area contributed by atoms with Crippen LogP contribution >= 0.6 is 0 Å². The Morgan fingerprint density at radius 1 is 1.25 bits per heavy atom. The summed E-state index contributed by atoms with van der Waals surface area (Å²) in [6, 6.07) is 8.83. The van der Waals surface area contributed by atoms with E-state index in [1.165, 1.54) is 17.7 Å². The molecule has 3 nitrogen and oxygen atoms in total. The van der Waals surface area contributed by atoms with E-state index in [1.807, 2.05) is 0 Å². The first-order valence-electron chi connectivity index (χ1n) is 7.98. The molecule has 3 rings (SSSR count). The number of ether oxygens (including phenoxy) is 1. The quantitative estimate of drug-likeness (QED) is 0.913. The standard InChI is InChI=1S/C17H26N2O/c1-14-12-15-4-2-3-5-17(15)19(13-14)10-11-20-16-6-8-18-9-7-16/h2-5,14,16,18H,6-13H2,1H3. The van der Waals surface area contributed by atoms with E-state index in [2.05, 4.69) is 41.4 Å². The molecule has 1 atom stereocenters. The molecule has 0 saturated carbocycles. The number of fused-ring (bicyclic) bond motifs is 1. The van der Waals surface area contributed by atoms with Crippen molar-refractivity contribution in [3.63, 3.8) is 0 Å². The van der Waals surface area contributed by atoms with Crippen molar-refractivity contribution < 1.29 is 4.74 Å². The molecule has 110 valence electrons. The van der Waals surface area contributed by atoms with Gasteiger partial charge in [-0.25, -0.2) is 0 Å². The molecule has 0 aliphatic carbocycles. The van der Waals surface area contributed by atoms with Crippen LogP contribution in [-0.4, -0.2) is 38.9 Å². The highest BCUT2D eigenvalue weighted by Gasteiger charge is 2.21. The Morgan fingerprint density at radius 2 is 2.05 bits per heavy atom. The number of benzene rings is 1. The molecule has 0 amide bonds. The van der Waals surface area contributed by atoms with E-state index in [9.17, 15) is 0 Å². The Morgan fingerprint density at radius 3 is 2.90 bits per heavy atom. The second kappa shape index (κ2) is 6.59. The van der Waals surface area contributed by atoms with Crippen LogP contribution in [0.2, 0.25) is 0 Å². The molecule has 2 aliphatic heterocycles. The third kappa shape index (κ3) is 3.33. The second-order valence-corrected chi connectivity index (χ2v) is 6.20. The second-order valence-electron chi connectivity index (χ2n) is 6.20. The highest BCUT2D eigenvalue weighted by atomic mass is 16.5. The van der Waals surface area contributed by atoms with Crippen molar-refractivity contribution in [2.24, 2.45) is 5.92 Å². The molecule has 1 fully saturated rings. The van der Waals surface area contributed by atoms with Gasteiger partial charge in [0.1, 0.15) is 0 Å². The maximum Gasteiger partial charge on any atom is 0.0645 e. The Hall–Kier alpha value is -1.06. The third-order valence-electron chi connectivity index (χ3n) is 4.43. The van der Waals surface area contributed by atoms with Gasteiger partial charge in [0, 0.05) is 18.8 Å². The minimum Gasteiger partial charge on any atom is -0.376 e. The molecule has 2 heterocycles. The Kier molecular flexibility index (Phi) is 4.58. The van der Waals surface area contributed by atoms with Crippen LogP contribution in [0.1, 0.15) is 25.3 Å². The van der Waals surface area contributed by atoms with E-state index in [1.54, 1.807) is 0 Å². The van der Waals surface area contributed by atoms with Crippen LogP contribution in [0.15, 0.2) is 24.3 Å². The Balaban J connectivity index is 1.54. The topological polar surface area (TPSA) is 24.5 Å². The van der Waals surface area contributed by atoms with Crippen LogP contribution in [0.5, 0.6) is 0 Å². The molecule has 1 unspecified atom stereocenters. The molecule has 1 aromatic rings. The SMILES string of the molecule is CC1Cc2ccccc2N(CCOC2CCNCC2)C1. The minimum atomic E-state index is 0.466. The van der Waals surface area contributed by atoms with Gasteiger partial charge >= 0.3 is 0 Å². The largest absolute Gasteiger partial charge is 0.376 e. The van der Waals surface area contributed by atoms with E-state index < -0.39 is 0 Å². The summed E-state index contributed by atoms with van der Waals surface area (Å²) < 4.78 is 6.05. The van der Waals surface area contributed by atoms with Gasteiger partial charge in [-0.3, -0.25) is 0 Å². The van der Waals surface area contributed by atoms with Crippen molar-refractivity contribution in [3.8, 4) is 0 Å². The van der Waals surface area contributed by atoms with Gasteiger partial charge in [0.15, 0.2) is 0 Å². The van der Waals surface area contributed by atoms with Gasteiger partial charge in [-0.05, 0) is 49.9 Å². The Bertz CT molecular complexity index is 429. The fourth-order valence-corrected chi connectivity index (χ4v) is 3.41. The number of rotatable bonds is 4. The van der Waals surface area contributed by atoms with Crippen LogP contribution in [-0.2, 0) is 11.2 Å². The number of piperidine rings is 1. The summed E-state index contributed by atoms with van der Waals surface area (Å²) in [6.45, 7) is 7.59. The van der Waals surface area contributed by atoms with Gasteiger partial charge in [0.2, 0.25) is 0 Å². The number of nitrogens with zero attached hydrogens (tertiary/aromatic N) is 1. The zero-order chi connectivity index (χ0) is 13.8. The molecule has 0 radical (unpaired) electrons. The summed E-state index contributed by atoms with van der Waals surface area (Å²) in [4.78, 5) is 2.50. The number of nitrogens with one attached hydrogen (secondary N) is 1. The molecule has 1 saturated heterocycles. The molecule has 1 aromatic carbocycles. The molecule has 0 aromatic heterocycles. The number of hydrogen-bond donors (Lipinski definition) is 1. The molecule has 3 heteroatoms. The van der Waals surface area contributed by atoms with E-state index in [0.29, 0.717) is 6.10 Å². The maximum atomic E-state index is 6.05. The number of anilines is 1.